The largest absolute Gasteiger partial charge is 0.310 e. The van der Waals surface area contributed by atoms with E-state index in [1.54, 1.807) is 6.20 Å². The van der Waals surface area contributed by atoms with E-state index in [0.29, 0.717) is 17.3 Å². The third kappa shape index (κ3) is 2.97. The van der Waals surface area contributed by atoms with Crippen LogP contribution in [0.4, 0.5) is 5.82 Å². The molecule has 1 aromatic carbocycles. The molecule has 1 N–H and O–H groups in total. The molecular weight excluding hydrogens is 356 g/mol. The number of halogens is 1. The van der Waals surface area contributed by atoms with Crippen molar-refractivity contribution in [3.8, 4) is 16.5 Å². The fourth-order valence-electron chi connectivity index (χ4n) is 2.83. The molecule has 2 heterocycles. The highest BCUT2D eigenvalue weighted by Gasteiger charge is 2.43. The van der Waals surface area contributed by atoms with Crippen LogP contribution in [-0.2, 0) is 4.79 Å². The Hall–Kier alpha value is -2.49. The lowest BCUT2D eigenvalue weighted by Crippen LogP contribution is -2.15. The molecule has 0 saturated heterocycles. The van der Waals surface area contributed by atoms with Crippen LogP contribution in [0.3, 0.4) is 0 Å². The Bertz CT molecular complexity index is 1040. The van der Waals surface area contributed by atoms with E-state index in [1.165, 1.54) is 11.5 Å². The lowest BCUT2D eigenvalue weighted by Gasteiger charge is -2.08. The summed E-state index contributed by atoms with van der Waals surface area (Å²) < 4.78 is 4.21. The van der Waals surface area contributed by atoms with E-state index < -0.39 is 0 Å². The number of nitrogens with zero attached hydrogens (tertiary/aromatic N) is 3. The highest BCUT2D eigenvalue weighted by Crippen LogP contribution is 2.39. The van der Waals surface area contributed by atoms with Gasteiger partial charge in [0.15, 0.2) is 0 Å². The van der Waals surface area contributed by atoms with E-state index in [4.69, 9.17) is 16.9 Å². The number of hydrogen-bond donors (Lipinski definition) is 1. The van der Waals surface area contributed by atoms with Crippen LogP contribution in [-0.4, -0.2) is 15.3 Å². The second kappa shape index (κ2) is 6.10. The van der Waals surface area contributed by atoms with Gasteiger partial charge in [0.1, 0.15) is 5.82 Å². The van der Waals surface area contributed by atoms with Crippen LogP contribution >= 0.6 is 23.1 Å². The van der Waals surface area contributed by atoms with Gasteiger partial charge >= 0.3 is 0 Å². The minimum Gasteiger partial charge on any atom is -0.310 e. The lowest BCUT2D eigenvalue weighted by atomic mass is 10.1. The average molecular weight is 369 g/mol. The summed E-state index contributed by atoms with van der Waals surface area (Å²) in [5.74, 6) is -0.0812. The Kier molecular flexibility index (Phi) is 3.91. The lowest BCUT2D eigenvalue weighted by molar-refractivity contribution is -0.117. The maximum absolute atomic E-state index is 12.1. The van der Waals surface area contributed by atoms with Crippen LogP contribution < -0.4 is 5.32 Å². The first-order chi connectivity index (χ1) is 12.1. The fourth-order valence-corrected chi connectivity index (χ4v) is 3.84. The third-order valence-corrected chi connectivity index (χ3v) is 5.61. The molecule has 0 bridgehead atoms. The molecular formula is C18H13ClN4OS. The molecule has 1 saturated carbocycles. The Morgan fingerprint density at radius 3 is 2.92 bits per heavy atom. The summed E-state index contributed by atoms with van der Waals surface area (Å²) in [6.07, 6.45) is 4.11. The molecule has 0 radical (unpaired) electrons. The zero-order chi connectivity index (χ0) is 17.6. The smallest absolute Gasteiger partial charge is 0.230 e. The molecule has 0 spiro atoms. The monoisotopic (exact) mass is 368 g/mol. The summed E-state index contributed by atoms with van der Waals surface area (Å²) >= 11 is 7.83. The van der Waals surface area contributed by atoms with E-state index in [-0.39, 0.29) is 17.7 Å². The van der Waals surface area contributed by atoms with Crippen LogP contribution in [0.5, 0.6) is 0 Å². The van der Waals surface area contributed by atoms with Gasteiger partial charge < -0.3 is 5.32 Å². The van der Waals surface area contributed by atoms with E-state index in [2.05, 4.69) is 20.7 Å². The van der Waals surface area contributed by atoms with Crippen molar-refractivity contribution in [2.75, 3.05) is 5.32 Å². The molecule has 1 aliphatic rings. The van der Waals surface area contributed by atoms with Crippen molar-refractivity contribution < 1.29 is 4.79 Å². The van der Waals surface area contributed by atoms with Crippen LogP contribution in [0.25, 0.3) is 21.2 Å². The quantitative estimate of drug-likeness (QED) is 0.742. The molecule has 0 aliphatic heterocycles. The topological polar surface area (TPSA) is 78.7 Å². The average Bonchev–Trinajstić information content (AvgIpc) is 3.27. The number of fused-ring (bicyclic) bond motifs is 1. The number of aromatic nitrogens is 2. The van der Waals surface area contributed by atoms with Crippen molar-refractivity contribution in [1.82, 2.24) is 9.36 Å². The summed E-state index contributed by atoms with van der Waals surface area (Å²) in [7, 11) is 0. The first-order valence-electron chi connectivity index (χ1n) is 7.78. The maximum Gasteiger partial charge on any atom is 0.230 e. The van der Waals surface area contributed by atoms with Crippen molar-refractivity contribution in [3.63, 3.8) is 0 Å². The van der Waals surface area contributed by atoms with Crippen molar-refractivity contribution in [1.29, 1.82) is 5.26 Å². The second-order valence-corrected chi connectivity index (χ2v) is 7.36. The van der Waals surface area contributed by atoms with Crippen molar-refractivity contribution in [3.05, 3.63) is 41.2 Å². The van der Waals surface area contributed by atoms with Gasteiger partial charge in [0.05, 0.1) is 27.8 Å². The Morgan fingerprint density at radius 1 is 1.40 bits per heavy atom. The van der Waals surface area contributed by atoms with Gasteiger partial charge in [0.2, 0.25) is 5.91 Å². The van der Waals surface area contributed by atoms with Crippen molar-refractivity contribution in [2.24, 2.45) is 11.8 Å². The number of benzene rings is 1. The van der Waals surface area contributed by atoms with Crippen LogP contribution in [0.1, 0.15) is 12.0 Å². The molecule has 3 aromatic rings. The molecule has 2 unspecified atom stereocenters. The first-order valence-corrected chi connectivity index (χ1v) is 8.93. The molecule has 5 nitrogen and oxygen atoms in total. The SMILES string of the molecule is Cc1cnsc1-c1cc(Cl)c2cnc(NC(=O)C3CC3C#N)cc2c1. The van der Waals surface area contributed by atoms with E-state index in [9.17, 15) is 4.79 Å². The number of amides is 1. The van der Waals surface area contributed by atoms with Crippen molar-refractivity contribution >= 4 is 45.6 Å². The number of hydrogen-bond acceptors (Lipinski definition) is 5. The van der Waals surface area contributed by atoms with Crippen molar-refractivity contribution in [2.45, 2.75) is 13.3 Å². The molecule has 1 fully saturated rings. The highest BCUT2D eigenvalue weighted by molar-refractivity contribution is 7.09. The Morgan fingerprint density at radius 2 is 2.24 bits per heavy atom. The van der Waals surface area contributed by atoms with Gasteiger partial charge in [-0.3, -0.25) is 4.79 Å². The predicted octanol–water partition coefficient (Wildman–Crippen LogP) is 4.42. The van der Waals surface area contributed by atoms with E-state index in [1.807, 2.05) is 31.3 Å². The van der Waals surface area contributed by atoms with Gasteiger partial charge in [-0.15, -0.1) is 0 Å². The standard InChI is InChI=1S/C18H13ClN4OS/c1-9-7-22-25-17(9)11-2-10-5-16(21-8-14(10)15(19)4-11)23-18(24)13-3-12(13)6-20/h2,4-5,7-8,12-13H,3H2,1H3,(H,21,23,24). The fraction of sp³-hybridized carbons (Fsp3) is 0.222. The van der Waals surface area contributed by atoms with Gasteiger partial charge in [-0.05, 0) is 59.6 Å². The summed E-state index contributed by atoms with van der Waals surface area (Å²) in [5, 5.41) is 14.0. The van der Waals surface area contributed by atoms with Gasteiger partial charge in [0, 0.05) is 17.8 Å². The van der Waals surface area contributed by atoms with Gasteiger partial charge in [-0.2, -0.15) is 5.26 Å². The normalized spacial score (nSPS) is 18.8. The van der Waals surface area contributed by atoms with E-state index in [0.717, 1.165) is 26.8 Å². The molecule has 1 aliphatic carbocycles. The van der Waals surface area contributed by atoms with Gasteiger partial charge in [0.25, 0.3) is 0 Å². The minimum atomic E-state index is -0.225. The third-order valence-electron chi connectivity index (χ3n) is 4.34. The maximum atomic E-state index is 12.1. The molecule has 4 rings (SSSR count). The second-order valence-electron chi connectivity index (χ2n) is 6.15. The number of pyridine rings is 1. The predicted molar refractivity (Wildman–Crippen MR) is 98.4 cm³/mol. The number of aryl methyl sites for hydroxylation is 1. The summed E-state index contributed by atoms with van der Waals surface area (Å²) in [6, 6.07) is 7.86. The number of nitrogens with one attached hydrogen (secondary N) is 1. The number of nitriles is 1. The summed E-state index contributed by atoms with van der Waals surface area (Å²) in [5.41, 5.74) is 2.09. The number of rotatable bonds is 3. The van der Waals surface area contributed by atoms with E-state index >= 15 is 0 Å². The van der Waals surface area contributed by atoms with Crippen LogP contribution in [0.2, 0.25) is 5.02 Å². The molecule has 7 heteroatoms. The van der Waals surface area contributed by atoms with Crippen LogP contribution in [0, 0.1) is 30.1 Å². The van der Waals surface area contributed by atoms with Crippen LogP contribution in [0.15, 0.2) is 30.6 Å². The van der Waals surface area contributed by atoms with Gasteiger partial charge in [-0.1, -0.05) is 11.6 Å². The Balaban J connectivity index is 1.68. The number of carbonyl (C=O) groups is 1. The highest BCUT2D eigenvalue weighted by atomic mass is 35.5. The first kappa shape index (κ1) is 16.0. The Labute approximate surface area is 153 Å². The molecule has 1 amide bonds. The zero-order valence-electron chi connectivity index (χ0n) is 13.3. The molecule has 2 atom stereocenters. The molecule has 25 heavy (non-hydrogen) atoms. The minimum absolute atomic E-state index is 0.154. The summed E-state index contributed by atoms with van der Waals surface area (Å²) in [4.78, 5) is 17.5. The summed E-state index contributed by atoms with van der Waals surface area (Å²) in [6.45, 7) is 2.01. The number of anilines is 1. The number of carbonyl (C=O) groups excluding carboxylic acids is 1. The molecule has 2 aromatic heterocycles. The zero-order valence-corrected chi connectivity index (χ0v) is 14.9. The molecule has 124 valence electrons. The van der Waals surface area contributed by atoms with Gasteiger partial charge in [-0.25, -0.2) is 9.36 Å².